The summed E-state index contributed by atoms with van der Waals surface area (Å²) in [5, 5.41) is 15.8. The van der Waals surface area contributed by atoms with Crippen LogP contribution in [0.5, 0.6) is 5.75 Å². The first-order chi connectivity index (χ1) is 8.06. The highest BCUT2D eigenvalue weighted by molar-refractivity contribution is 6.05. The molecule has 0 saturated carbocycles. The molecule has 0 fully saturated rings. The molecule has 2 aromatic rings. The third-order valence-electron chi connectivity index (χ3n) is 2.27. The van der Waals surface area contributed by atoms with E-state index in [0.717, 1.165) is 5.56 Å². The molecule has 1 aromatic carbocycles. The van der Waals surface area contributed by atoms with Gasteiger partial charge < -0.3 is 14.9 Å². The van der Waals surface area contributed by atoms with Crippen LogP contribution >= 0.6 is 0 Å². The van der Waals surface area contributed by atoms with Crippen molar-refractivity contribution in [3.8, 4) is 5.75 Å². The number of aromatic hydroxyl groups is 1. The number of aromatic nitrogens is 1. The largest absolute Gasteiger partial charge is 0.507 e. The molecule has 1 heterocycles. The minimum Gasteiger partial charge on any atom is -0.507 e. The van der Waals surface area contributed by atoms with E-state index in [9.17, 15) is 9.90 Å². The lowest BCUT2D eigenvalue weighted by molar-refractivity contribution is 0.102. The van der Waals surface area contributed by atoms with Crippen molar-refractivity contribution < 1.29 is 14.4 Å². The van der Waals surface area contributed by atoms with Crippen molar-refractivity contribution in [3.63, 3.8) is 0 Å². The monoisotopic (exact) mass is 232 g/mol. The van der Waals surface area contributed by atoms with Crippen LogP contribution in [0, 0.1) is 13.8 Å². The number of carbonyl (C=O) groups is 1. The van der Waals surface area contributed by atoms with Gasteiger partial charge in [0.25, 0.3) is 5.91 Å². The first-order valence-corrected chi connectivity index (χ1v) is 5.10. The average Bonchev–Trinajstić information content (AvgIpc) is 2.63. The standard InChI is InChI=1S/C12H12N2O3/c1-7-3-4-9(10(15)5-7)12(16)13-11-6-8(2)17-14-11/h3-6,15H,1-2H3,(H,13,14,16). The molecule has 2 rings (SSSR count). The second kappa shape index (κ2) is 4.29. The third kappa shape index (κ3) is 2.44. The van der Waals surface area contributed by atoms with Crippen LogP contribution in [0.25, 0.3) is 0 Å². The Balaban J connectivity index is 2.20. The number of rotatable bonds is 2. The maximum Gasteiger partial charge on any atom is 0.260 e. The summed E-state index contributed by atoms with van der Waals surface area (Å²) >= 11 is 0. The Morgan fingerprint density at radius 3 is 2.71 bits per heavy atom. The van der Waals surface area contributed by atoms with E-state index in [1.54, 1.807) is 25.1 Å². The molecule has 17 heavy (non-hydrogen) atoms. The summed E-state index contributed by atoms with van der Waals surface area (Å²) in [6, 6.07) is 6.45. The van der Waals surface area contributed by atoms with Crippen LogP contribution in [0.2, 0.25) is 0 Å². The smallest absolute Gasteiger partial charge is 0.260 e. The van der Waals surface area contributed by atoms with Crippen molar-refractivity contribution in [1.82, 2.24) is 5.16 Å². The van der Waals surface area contributed by atoms with Gasteiger partial charge in [0.05, 0.1) is 5.56 Å². The van der Waals surface area contributed by atoms with Gasteiger partial charge >= 0.3 is 0 Å². The van der Waals surface area contributed by atoms with Crippen LogP contribution in [0.3, 0.4) is 0 Å². The fourth-order valence-corrected chi connectivity index (χ4v) is 1.44. The van der Waals surface area contributed by atoms with Crippen LogP contribution in [0.1, 0.15) is 21.7 Å². The van der Waals surface area contributed by atoms with Gasteiger partial charge in [0.2, 0.25) is 0 Å². The maximum absolute atomic E-state index is 11.8. The number of nitrogens with zero attached hydrogens (tertiary/aromatic N) is 1. The van der Waals surface area contributed by atoms with Crippen LogP contribution in [0.15, 0.2) is 28.8 Å². The minimum atomic E-state index is -0.421. The van der Waals surface area contributed by atoms with E-state index in [-0.39, 0.29) is 11.3 Å². The van der Waals surface area contributed by atoms with Gasteiger partial charge in [-0.2, -0.15) is 0 Å². The fourth-order valence-electron chi connectivity index (χ4n) is 1.44. The van der Waals surface area contributed by atoms with Gasteiger partial charge in [0, 0.05) is 6.07 Å². The topological polar surface area (TPSA) is 75.4 Å². The number of hydrogen-bond acceptors (Lipinski definition) is 4. The van der Waals surface area contributed by atoms with Crippen molar-refractivity contribution >= 4 is 11.7 Å². The van der Waals surface area contributed by atoms with Crippen molar-refractivity contribution in [2.45, 2.75) is 13.8 Å². The Labute approximate surface area is 98.1 Å². The summed E-state index contributed by atoms with van der Waals surface area (Å²) in [5.74, 6) is 0.458. The van der Waals surface area contributed by atoms with Crippen molar-refractivity contribution in [1.29, 1.82) is 0 Å². The lowest BCUT2D eigenvalue weighted by Gasteiger charge is -2.04. The third-order valence-corrected chi connectivity index (χ3v) is 2.27. The second-order valence-electron chi connectivity index (χ2n) is 3.80. The number of phenolic OH excluding ortho intramolecular Hbond substituents is 1. The summed E-state index contributed by atoms with van der Waals surface area (Å²) in [6.45, 7) is 3.56. The highest BCUT2D eigenvalue weighted by atomic mass is 16.5. The summed E-state index contributed by atoms with van der Waals surface area (Å²) in [4.78, 5) is 11.8. The number of benzene rings is 1. The predicted molar refractivity (Wildman–Crippen MR) is 62.0 cm³/mol. The molecule has 0 atom stereocenters. The zero-order valence-electron chi connectivity index (χ0n) is 9.52. The Kier molecular flexibility index (Phi) is 2.82. The summed E-state index contributed by atoms with van der Waals surface area (Å²) in [6.07, 6.45) is 0. The van der Waals surface area contributed by atoms with Crippen molar-refractivity contribution in [3.05, 3.63) is 41.2 Å². The lowest BCUT2D eigenvalue weighted by Crippen LogP contribution is -2.12. The normalized spacial score (nSPS) is 10.2. The fraction of sp³-hybridized carbons (Fsp3) is 0.167. The van der Waals surface area contributed by atoms with E-state index in [1.807, 2.05) is 6.92 Å². The molecule has 88 valence electrons. The van der Waals surface area contributed by atoms with Gasteiger partial charge in [-0.15, -0.1) is 0 Å². The number of hydrogen-bond donors (Lipinski definition) is 2. The van der Waals surface area contributed by atoms with Crippen molar-refractivity contribution in [2.24, 2.45) is 0 Å². The second-order valence-corrected chi connectivity index (χ2v) is 3.80. The SMILES string of the molecule is Cc1ccc(C(=O)Nc2cc(C)on2)c(O)c1. The summed E-state index contributed by atoms with van der Waals surface area (Å²) < 4.78 is 4.82. The van der Waals surface area contributed by atoms with Gasteiger partial charge in [0.15, 0.2) is 5.82 Å². The molecule has 5 heteroatoms. The van der Waals surface area contributed by atoms with Crippen LogP contribution in [0.4, 0.5) is 5.82 Å². The molecular formula is C12H12N2O3. The van der Waals surface area contributed by atoms with E-state index in [0.29, 0.717) is 11.6 Å². The zero-order chi connectivity index (χ0) is 12.4. The Morgan fingerprint density at radius 1 is 1.35 bits per heavy atom. The molecule has 0 aliphatic rings. The highest BCUT2D eigenvalue weighted by Gasteiger charge is 2.12. The molecule has 5 nitrogen and oxygen atoms in total. The van der Waals surface area contributed by atoms with Gasteiger partial charge in [-0.1, -0.05) is 11.2 Å². The zero-order valence-corrected chi connectivity index (χ0v) is 9.52. The van der Waals surface area contributed by atoms with Gasteiger partial charge in [0.1, 0.15) is 11.5 Å². The summed E-state index contributed by atoms with van der Waals surface area (Å²) in [7, 11) is 0. The van der Waals surface area contributed by atoms with E-state index < -0.39 is 5.91 Å². The van der Waals surface area contributed by atoms with E-state index >= 15 is 0 Å². The molecule has 0 spiro atoms. The minimum absolute atomic E-state index is 0.0530. The van der Waals surface area contributed by atoms with Crippen LogP contribution in [-0.2, 0) is 0 Å². The number of carbonyl (C=O) groups excluding carboxylic acids is 1. The highest BCUT2D eigenvalue weighted by Crippen LogP contribution is 2.19. The number of aryl methyl sites for hydroxylation is 2. The molecule has 1 aromatic heterocycles. The Bertz CT molecular complexity index is 561. The molecule has 0 unspecified atom stereocenters. The lowest BCUT2D eigenvalue weighted by atomic mass is 10.1. The average molecular weight is 232 g/mol. The Morgan fingerprint density at radius 2 is 2.12 bits per heavy atom. The van der Waals surface area contributed by atoms with Gasteiger partial charge in [-0.05, 0) is 31.5 Å². The molecule has 0 saturated heterocycles. The van der Waals surface area contributed by atoms with E-state index in [2.05, 4.69) is 10.5 Å². The van der Waals surface area contributed by atoms with Crippen LogP contribution < -0.4 is 5.32 Å². The van der Waals surface area contributed by atoms with Crippen molar-refractivity contribution in [2.75, 3.05) is 5.32 Å². The van der Waals surface area contributed by atoms with E-state index in [4.69, 9.17) is 4.52 Å². The molecule has 0 radical (unpaired) electrons. The number of anilines is 1. The molecular weight excluding hydrogens is 220 g/mol. The number of amides is 1. The maximum atomic E-state index is 11.8. The summed E-state index contributed by atoms with van der Waals surface area (Å²) in [5.41, 5.74) is 1.09. The number of phenols is 1. The Hall–Kier alpha value is -2.30. The van der Waals surface area contributed by atoms with E-state index in [1.165, 1.54) is 6.07 Å². The molecule has 0 aliphatic heterocycles. The van der Waals surface area contributed by atoms with Gasteiger partial charge in [-0.3, -0.25) is 4.79 Å². The number of nitrogens with one attached hydrogen (secondary N) is 1. The predicted octanol–water partition coefficient (Wildman–Crippen LogP) is 2.25. The quantitative estimate of drug-likeness (QED) is 0.832. The van der Waals surface area contributed by atoms with Crippen LogP contribution in [-0.4, -0.2) is 16.2 Å². The first kappa shape index (κ1) is 11.2. The molecule has 0 bridgehead atoms. The first-order valence-electron chi connectivity index (χ1n) is 5.10. The molecule has 2 N–H and O–H groups in total. The molecule has 1 amide bonds. The molecule has 0 aliphatic carbocycles. The van der Waals surface area contributed by atoms with Gasteiger partial charge in [-0.25, -0.2) is 0 Å².